The topological polar surface area (TPSA) is 30.2 Å². The Hall–Kier alpha value is -1.13. The molecule has 0 radical (unpaired) electrons. The molecule has 5 heteroatoms. The Labute approximate surface area is 98.8 Å². The van der Waals surface area contributed by atoms with E-state index in [1.165, 1.54) is 0 Å². The zero-order valence-corrected chi connectivity index (χ0v) is 9.83. The fourth-order valence-electron chi connectivity index (χ4n) is 1.66. The molecular weight excluding hydrogens is 277 g/mol. The predicted octanol–water partition coefficient (Wildman–Crippen LogP) is 3.30. The minimum Gasteiger partial charge on any atom is -0.267 e. The van der Waals surface area contributed by atoms with Gasteiger partial charge in [0.15, 0.2) is 0 Å². The molecule has 0 spiro atoms. The first kappa shape index (κ1) is 9.12. The lowest BCUT2D eigenvalue weighted by molar-refractivity contribution is 1.10. The van der Waals surface area contributed by atoms with Gasteiger partial charge in [-0.15, -0.1) is 0 Å². The molecule has 0 aliphatic heterocycles. The number of nitrogens with zero attached hydrogens (tertiary/aromatic N) is 3. The van der Waals surface area contributed by atoms with Crippen LogP contribution >= 0.6 is 27.5 Å². The van der Waals surface area contributed by atoms with Crippen molar-refractivity contribution in [2.45, 2.75) is 0 Å². The second-order valence-electron chi connectivity index (χ2n) is 3.12. The SMILES string of the molecule is Clc1nccc2c(Br)c3cccnc3n12. The molecule has 0 N–H and O–H groups in total. The third kappa shape index (κ3) is 1.18. The molecule has 0 unspecified atom stereocenters. The number of rotatable bonds is 0. The van der Waals surface area contributed by atoms with Gasteiger partial charge in [-0.2, -0.15) is 0 Å². The van der Waals surface area contributed by atoms with E-state index < -0.39 is 0 Å². The Bertz CT molecular complexity index is 662. The Balaban J connectivity index is 2.70. The van der Waals surface area contributed by atoms with E-state index in [4.69, 9.17) is 11.6 Å². The second-order valence-corrected chi connectivity index (χ2v) is 4.25. The van der Waals surface area contributed by atoms with Crippen LogP contribution in [0, 0.1) is 0 Å². The van der Waals surface area contributed by atoms with E-state index in [1.807, 2.05) is 22.6 Å². The molecule has 3 heterocycles. The van der Waals surface area contributed by atoms with Crippen molar-refractivity contribution in [2.75, 3.05) is 0 Å². The number of aromatic nitrogens is 3. The van der Waals surface area contributed by atoms with Crippen molar-refractivity contribution in [3.63, 3.8) is 0 Å². The van der Waals surface area contributed by atoms with Gasteiger partial charge in [0, 0.05) is 17.8 Å². The standard InChI is InChI=1S/C10H5BrClN3/c11-8-6-2-1-4-13-9(6)15-7(8)3-5-14-10(15)12/h1-5H. The summed E-state index contributed by atoms with van der Waals surface area (Å²) in [6.45, 7) is 0. The minimum atomic E-state index is 0.418. The summed E-state index contributed by atoms with van der Waals surface area (Å²) in [5.74, 6) is 0. The van der Waals surface area contributed by atoms with Gasteiger partial charge in [-0.3, -0.25) is 4.40 Å². The number of pyridine rings is 1. The number of hydrogen-bond acceptors (Lipinski definition) is 2. The molecule has 0 saturated heterocycles. The fraction of sp³-hybridized carbons (Fsp3) is 0. The molecule has 3 aromatic rings. The summed E-state index contributed by atoms with van der Waals surface area (Å²) in [5, 5.41) is 1.45. The fourth-order valence-corrected chi connectivity index (χ4v) is 2.50. The van der Waals surface area contributed by atoms with E-state index in [-0.39, 0.29) is 0 Å². The zero-order valence-electron chi connectivity index (χ0n) is 7.48. The maximum atomic E-state index is 6.04. The van der Waals surface area contributed by atoms with Crippen LogP contribution in [0.15, 0.2) is 35.1 Å². The summed E-state index contributed by atoms with van der Waals surface area (Å²) in [6.07, 6.45) is 3.42. The minimum absolute atomic E-state index is 0.418. The molecule has 0 aliphatic carbocycles. The quantitative estimate of drug-likeness (QED) is 0.592. The number of fused-ring (bicyclic) bond motifs is 3. The molecule has 0 saturated carbocycles. The first-order valence-corrected chi connectivity index (χ1v) is 5.51. The molecule has 0 bridgehead atoms. The van der Waals surface area contributed by atoms with E-state index in [1.54, 1.807) is 12.4 Å². The summed E-state index contributed by atoms with van der Waals surface area (Å²) in [6, 6.07) is 5.79. The van der Waals surface area contributed by atoms with Crippen molar-refractivity contribution in [1.82, 2.24) is 14.4 Å². The van der Waals surface area contributed by atoms with Crippen LogP contribution in [0.5, 0.6) is 0 Å². The Morgan fingerprint density at radius 1 is 1.20 bits per heavy atom. The van der Waals surface area contributed by atoms with Crippen LogP contribution in [-0.2, 0) is 0 Å². The average Bonchev–Trinajstić information content (AvgIpc) is 2.55. The highest BCUT2D eigenvalue weighted by Gasteiger charge is 2.11. The molecule has 0 atom stereocenters. The molecule has 0 fully saturated rings. The third-order valence-corrected chi connectivity index (χ3v) is 3.40. The van der Waals surface area contributed by atoms with Gasteiger partial charge >= 0.3 is 0 Å². The predicted molar refractivity (Wildman–Crippen MR) is 63.2 cm³/mol. The van der Waals surface area contributed by atoms with Gasteiger partial charge < -0.3 is 0 Å². The van der Waals surface area contributed by atoms with Crippen LogP contribution in [0.2, 0.25) is 5.28 Å². The van der Waals surface area contributed by atoms with E-state index in [9.17, 15) is 0 Å². The van der Waals surface area contributed by atoms with Gasteiger partial charge in [0.25, 0.3) is 0 Å². The van der Waals surface area contributed by atoms with Crippen molar-refractivity contribution in [1.29, 1.82) is 0 Å². The van der Waals surface area contributed by atoms with E-state index in [0.29, 0.717) is 5.28 Å². The molecule has 15 heavy (non-hydrogen) atoms. The van der Waals surface area contributed by atoms with Crippen molar-refractivity contribution >= 4 is 44.1 Å². The highest BCUT2D eigenvalue weighted by atomic mass is 79.9. The largest absolute Gasteiger partial charge is 0.267 e. The number of halogens is 2. The van der Waals surface area contributed by atoms with Crippen molar-refractivity contribution in [3.05, 3.63) is 40.3 Å². The van der Waals surface area contributed by atoms with Gasteiger partial charge in [0.05, 0.1) is 9.99 Å². The lowest BCUT2D eigenvalue weighted by Crippen LogP contribution is -1.90. The van der Waals surface area contributed by atoms with Crippen LogP contribution in [-0.4, -0.2) is 14.4 Å². The van der Waals surface area contributed by atoms with Gasteiger partial charge in [0.2, 0.25) is 5.28 Å². The normalized spacial score (nSPS) is 11.3. The molecule has 0 amide bonds. The Morgan fingerprint density at radius 2 is 2.07 bits per heavy atom. The van der Waals surface area contributed by atoms with E-state index in [2.05, 4.69) is 25.9 Å². The molecule has 3 nitrogen and oxygen atoms in total. The average molecular weight is 283 g/mol. The zero-order chi connectivity index (χ0) is 10.4. The van der Waals surface area contributed by atoms with E-state index in [0.717, 1.165) is 21.0 Å². The Kier molecular flexibility index (Phi) is 1.94. The Morgan fingerprint density at radius 3 is 2.93 bits per heavy atom. The van der Waals surface area contributed by atoms with E-state index >= 15 is 0 Å². The summed E-state index contributed by atoms with van der Waals surface area (Å²) in [4.78, 5) is 8.34. The monoisotopic (exact) mass is 281 g/mol. The van der Waals surface area contributed by atoms with Crippen molar-refractivity contribution in [3.8, 4) is 0 Å². The molecule has 3 aromatic heterocycles. The smallest absolute Gasteiger partial charge is 0.208 e. The molecule has 74 valence electrons. The molecule has 0 aromatic carbocycles. The maximum Gasteiger partial charge on any atom is 0.208 e. The van der Waals surface area contributed by atoms with Gasteiger partial charge in [0.1, 0.15) is 5.65 Å². The van der Waals surface area contributed by atoms with Crippen molar-refractivity contribution < 1.29 is 0 Å². The summed E-state index contributed by atoms with van der Waals surface area (Å²) >= 11 is 9.58. The summed E-state index contributed by atoms with van der Waals surface area (Å²) < 4.78 is 2.82. The van der Waals surface area contributed by atoms with Crippen LogP contribution in [0.1, 0.15) is 0 Å². The number of hydrogen-bond donors (Lipinski definition) is 0. The van der Waals surface area contributed by atoms with Crippen LogP contribution in [0.4, 0.5) is 0 Å². The van der Waals surface area contributed by atoms with Crippen LogP contribution in [0.3, 0.4) is 0 Å². The third-order valence-electron chi connectivity index (χ3n) is 2.30. The molecular formula is C10H5BrClN3. The lowest BCUT2D eigenvalue weighted by atomic mass is 10.3. The van der Waals surface area contributed by atoms with Gasteiger partial charge in [-0.25, -0.2) is 9.97 Å². The highest BCUT2D eigenvalue weighted by molar-refractivity contribution is 9.10. The second kappa shape index (κ2) is 3.18. The van der Waals surface area contributed by atoms with Gasteiger partial charge in [-0.1, -0.05) is 0 Å². The summed E-state index contributed by atoms with van der Waals surface area (Å²) in [7, 11) is 0. The molecule has 0 aliphatic rings. The first-order chi connectivity index (χ1) is 7.29. The maximum absolute atomic E-state index is 6.04. The van der Waals surface area contributed by atoms with Crippen LogP contribution in [0.25, 0.3) is 16.6 Å². The van der Waals surface area contributed by atoms with Crippen LogP contribution < -0.4 is 0 Å². The molecule has 3 rings (SSSR count). The highest BCUT2D eigenvalue weighted by Crippen LogP contribution is 2.31. The van der Waals surface area contributed by atoms with Crippen molar-refractivity contribution in [2.24, 2.45) is 0 Å². The lowest BCUT2D eigenvalue weighted by Gasteiger charge is -1.97. The summed E-state index contributed by atoms with van der Waals surface area (Å²) in [5.41, 5.74) is 1.79. The first-order valence-electron chi connectivity index (χ1n) is 4.34. The van der Waals surface area contributed by atoms with Gasteiger partial charge in [-0.05, 0) is 45.7 Å².